The first kappa shape index (κ1) is 16.7. The van der Waals surface area contributed by atoms with Crippen molar-refractivity contribution < 1.29 is 14.3 Å². The quantitative estimate of drug-likeness (QED) is 0.801. The van der Waals surface area contributed by atoms with E-state index in [0.717, 1.165) is 17.1 Å². The Balaban J connectivity index is 2.72. The van der Waals surface area contributed by atoms with Gasteiger partial charge in [-0.15, -0.1) is 0 Å². The van der Waals surface area contributed by atoms with Gasteiger partial charge in [0, 0.05) is 12.2 Å². The van der Waals surface area contributed by atoms with Crippen LogP contribution in [0.1, 0.15) is 31.9 Å². The van der Waals surface area contributed by atoms with Crippen LogP contribution in [0.25, 0.3) is 0 Å². The lowest BCUT2D eigenvalue weighted by Gasteiger charge is -2.17. The van der Waals surface area contributed by atoms with Crippen LogP contribution >= 0.6 is 11.8 Å². The van der Waals surface area contributed by atoms with Gasteiger partial charge in [-0.1, -0.05) is 6.07 Å². The predicted molar refractivity (Wildman–Crippen MR) is 83.7 cm³/mol. The van der Waals surface area contributed by atoms with Crippen molar-refractivity contribution in [3.05, 3.63) is 23.8 Å². The molecule has 1 aromatic carbocycles. The molecule has 1 amide bonds. The fourth-order valence-corrected chi connectivity index (χ4v) is 2.21. The van der Waals surface area contributed by atoms with E-state index in [2.05, 4.69) is 5.32 Å². The molecule has 0 heterocycles. The van der Waals surface area contributed by atoms with Gasteiger partial charge in [-0.3, -0.25) is 4.79 Å². The summed E-state index contributed by atoms with van der Waals surface area (Å²) in [5, 5.41) is 2.99. The van der Waals surface area contributed by atoms with Crippen LogP contribution in [0.5, 0.6) is 11.5 Å². The third kappa shape index (κ3) is 4.96. The number of hydrogen-bond acceptors (Lipinski definition) is 4. The Morgan fingerprint density at radius 1 is 1.40 bits per heavy atom. The highest BCUT2D eigenvalue weighted by Gasteiger charge is 2.12. The second kappa shape index (κ2) is 8.74. The van der Waals surface area contributed by atoms with E-state index in [1.807, 2.05) is 38.3 Å². The molecule has 0 saturated heterocycles. The lowest BCUT2D eigenvalue weighted by Crippen LogP contribution is -2.26. The summed E-state index contributed by atoms with van der Waals surface area (Å²) in [7, 11) is 1.61. The molecule has 1 atom stereocenters. The van der Waals surface area contributed by atoms with Gasteiger partial charge in [-0.25, -0.2) is 0 Å². The van der Waals surface area contributed by atoms with Gasteiger partial charge in [-0.2, -0.15) is 11.8 Å². The lowest BCUT2D eigenvalue weighted by atomic mass is 10.1. The number of rotatable bonds is 8. The van der Waals surface area contributed by atoms with Crippen molar-refractivity contribution in [1.29, 1.82) is 0 Å². The monoisotopic (exact) mass is 297 g/mol. The Labute approximate surface area is 125 Å². The van der Waals surface area contributed by atoms with Crippen LogP contribution < -0.4 is 14.8 Å². The normalized spacial score (nSPS) is 11.8. The molecule has 0 aliphatic rings. The number of carbonyl (C=O) groups is 1. The molecule has 4 nitrogen and oxygen atoms in total. The average Bonchev–Trinajstić information content (AvgIpc) is 2.45. The number of methoxy groups -OCH3 is 1. The van der Waals surface area contributed by atoms with Gasteiger partial charge < -0.3 is 14.8 Å². The van der Waals surface area contributed by atoms with E-state index in [1.165, 1.54) is 0 Å². The van der Waals surface area contributed by atoms with Gasteiger partial charge in [0.25, 0.3) is 0 Å². The number of carbonyl (C=O) groups excluding carboxylic acids is 1. The van der Waals surface area contributed by atoms with E-state index in [-0.39, 0.29) is 11.9 Å². The number of hydrogen-bond donors (Lipinski definition) is 1. The maximum absolute atomic E-state index is 11.7. The summed E-state index contributed by atoms with van der Waals surface area (Å²) in [6, 6.07) is 5.69. The molecule has 1 N–H and O–H groups in total. The zero-order valence-corrected chi connectivity index (χ0v) is 13.4. The Morgan fingerprint density at radius 3 is 2.75 bits per heavy atom. The molecule has 0 spiro atoms. The molecule has 0 fully saturated rings. The highest BCUT2D eigenvalue weighted by molar-refractivity contribution is 7.98. The summed E-state index contributed by atoms with van der Waals surface area (Å²) in [4.78, 5) is 11.7. The minimum absolute atomic E-state index is 0.0473. The molecule has 1 rings (SSSR count). The number of benzene rings is 1. The first-order valence-corrected chi connectivity index (χ1v) is 8.10. The number of ether oxygens (including phenoxy) is 2. The standard InChI is InChI=1S/C15H23NO3S/c1-5-19-13-7-6-12(10-14(13)18-3)11(2)16-15(17)8-9-20-4/h6-7,10-11H,5,8-9H2,1-4H3,(H,16,17)/t11-/m1/s1. The SMILES string of the molecule is CCOc1ccc([C@@H](C)NC(=O)CCSC)cc1OC. The van der Waals surface area contributed by atoms with Gasteiger partial charge in [-0.05, 0) is 37.8 Å². The van der Waals surface area contributed by atoms with Crippen LogP contribution in [0.4, 0.5) is 0 Å². The predicted octanol–water partition coefficient (Wildman–Crippen LogP) is 3.02. The maximum Gasteiger partial charge on any atom is 0.221 e. The van der Waals surface area contributed by atoms with Gasteiger partial charge in [0.15, 0.2) is 11.5 Å². The zero-order chi connectivity index (χ0) is 15.0. The molecule has 0 unspecified atom stereocenters. The van der Waals surface area contributed by atoms with Crippen LogP contribution in [0.15, 0.2) is 18.2 Å². The highest BCUT2D eigenvalue weighted by Crippen LogP contribution is 2.30. The summed E-state index contributed by atoms with van der Waals surface area (Å²) in [5.41, 5.74) is 1.00. The number of amides is 1. The van der Waals surface area contributed by atoms with Crippen molar-refractivity contribution in [1.82, 2.24) is 5.32 Å². The lowest BCUT2D eigenvalue weighted by molar-refractivity contribution is -0.121. The first-order chi connectivity index (χ1) is 9.62. The Hall–Kier alpha value is -1.36. The van der Waals surface area contributed by atoms with Crippen molar-refractivity contribution in [3.8, 4) is 11.5 Å². The first-order valence-electron chi connectivity index (χ1n) is 6.71. The topological polar surface area (TPSA) is 47.6 Å². The van der Waals surface area contributed by atoms with Crippen molar-refractivity contribution in [2.75, 3.05) is 25.7 Å². The van der Waals surface area contributed by atoms with Crippen LogP contribution in [0.3, 0.4) is 0 Å². The van der Waals surface area contributed by atoms with Gasteiger partial charge in [0.2, 0.25) is 5.91 Å². The molecule has 1 aromatic rings. The molecule has 0 bridgehead atoms. The maximum atomic E-state index is 11.7. The summed E-state index contributed by atoms with van der Waals surface area (Å²) in [6.45, 7) is 4.49. The summed E-state index contributed by atoms with van der Waals surface area (Å²) in [5.74, 6) is 2.32. The average molecular weight is 297 g/mol. The van der Waals surface area contributed by atoms with E-state index >= 15 is 0 Å². The molecule has 0 aromatic heterocycles. The zero-order valence-electron chi connectivity index (χ0n) is 12.6. The van der Waals surface area contributed by atoms with Crippen LogP contribution in [0, 0.1) is 0 Å². The van der Waals surface area contributed by atoms with Crippen molar-refractivity contribution in [2.24, 2.45) is 0 Å². The second-order valence-corrected chi connectivity index (χ2v) is 5.36. The molecular formula is C15H23NO3S. The molecule has 112 valence electrons. The van der Waals surface area contributed by atoms with E-state index in [1.54, 1.807) is 18.9 Å². The number of nitrogens with one attached hydrogen (secondary N) is 1. The Kier molecular flexibility index (Phi) is 7.30. The second-order valence-electron chi connectivity index (χ2n) is 4.38. The minimum Gasteiger partial charge on any atom is -0.493 e. The van der Waals surface area contributed by atoms with Crippen LogP contribution in [-0.4, -0.2) is 31.6 Å². The van der Waals surface area contributed by atoms with E-state index in [9.17, 15) is 4.79 Å². The van der Waals surface area contributed by atoms with Crippen LogP contribution in [-0.2, 0) is 4.79 Å². The molecule has 0 radical (unpaired) electrons. The van der Waals surface area contributed by atoms with Gasteiger partial charge >= 0.3 is 0 Å². The summed E-state index contributed by atoms with van der Waals surface area (Å²) in [6.07, 6.45) is 2.54. The van der Waals surface area contributed by atoms with E-state index in [0.29, 0.717) is 18.8 Å². The van der Waals surface area contributed by atoms with Crippen molar-refractivity contribution in [3.63, 3.8) is 0 Å². The van der Waals surface area contributed by atoms with E-state index in [4.69, 9.17) is 9.47 Å². The van der Waals surface area contributed by atoms with E-state index < -0.39 is 0 Å². The molecule has 20 heavy (non-hydrogen) atoms. The molecule has 0 aliphatic heterocycles. The van der Waals surface area contributed by atoms with Gasteiger partial charge in [0.1, 0.15) is 0 Å². The summed E-state index contributed by atoms with van der Waals surface area (Å²) < 4.78 is 10.8. The third-order valence-electron chi connectivity index (χ3n) is 2.90. The third-order valence-corrected chi connectivity index (χ3v) is 3.51. The molecule has 0 aliphatic carbocycles. The van der Waals surface area contributed by atoms with Crippen LogP contribution in [0.2, 0.25) is 0 Å². The number of thioether (sulfide) groups is 1. The van der Waals surface area contributed by atoms with Gasteiger partial charge in [0.05, 0.1) is 19.8 Å². The molecular weight excluding hydrogens is 274 g/mol. The smallest absolute Gasteiger partial charge is 0.221 e. The highest BCUT2D eigenvalue weighted by atomic mass is 32.2. The fourth-order valence-electron chi connectivity index (χ4n) is 1.82. The summed E-state index contributed by atoms with van der Waals surface area (Å²) >= 11 is 1.67. The van der Waals surface area contributed by atoms with Crippen molar-refractivity contribution >= 4 is 17.7 Å². The fraction of sp³-hybridized carbons (Fsp3) is 0.533. The Bertz CT molecular complexity index is 437. The largest absolute Gasteiger partial charge is 0.493 e. The van der Waals surface area contributed by atoms with Crippen molar-refractivity contribution in [2.45, 2.75) is 26.3 Å². The minimum atomic E-state index is -0.0473. The molecule has 0 saturated carbocycles. The molecule has 5 heteroatoms. The Morgan fingerprint density at radius 2 is 2.15 bits per heavy atom.